The monoisotopic (exact) mass is 246 g/mol. The summed E-state index contributed by atoms with van der Waals surface area (Å²) in [6.07, 6.45) is 3.35. The first-order valence-corrected chi connectivity index (χ1v) is 3.80. The predicted octanol–water partition coefficient (Wildman–Crippen LogP) is 1.83. The van der Waals surface area contributed by atoms with Crippen molar-refractivity contribution in [2.24, 2.45) is 0 Å². The second-order valence-electron chi connectivity index (χ2n) is 1.82. The van der Waals surface area contributed by atoms with Gasteiger partial charge in [-0.25, -0.2) is 4.98 Å². The predicted molar refractivity (Wildman–Crippen MR) is 44.5 cm³/mol. The van der Waals surface area contributed by atoms with Gasteiger partial charge in [-0.2, -0.15) is 4.98 Å². The molecule has 0 aromatic carbocycles. The fourth-order valence-electron chi connectivity index (χ4n) is 0.736. The number of rotatable bonds is 0. The molecule has 0 bridgehead atoms. The average Bonchev–Trinajstić information content (AvgIpc) is 2.33. The highest BCUT2D eigenvalue weighted by Crippen LogP contribution is 2.11. The van der Waals surface area contributed by atoms with E-state index in [9.17, 15) is 0 Å². The maximum atomic E-state index is 5.04. The summed E-state index contributed by atoms with van der Waals surface area (Å²) in [6, 6.07) is 1.84. The summed E-state index contributed by atoms with van der Waals surface area (Å²) < 4.78 is 5.75. The molecule has 0 saturated carbocycles. The van der Waals surface area contributed by atoms with Gasteiger partial charge in [0.15, 0.2) is 3.83 Å². The van der Waals surface area contributed by atoms with E-state index in [0.717, 1.165) is 5.39 Å². The first-order valence-electron chi connectivity index (χ1n) is 2.72. The summed E-state index contributed by atoms with van der Waals surface area (Å²) in [7, 11) is 0. The van der Waals surface area contributed by atoms with Crippen LogP contribution in [0, 0.1) is 3.83 Å². The van der Waals surface area contributed by atoms with E-state index >= 15 is 0 Å². The Balaban J connectivity index is 2.86. The van der Waals surface area contributed by atoms with Crippen LogP contribution in [0.2, 0.25) is 0 Å². The number of nitrogens with zero attached hydrogens (tertiary/aromatic N) is 2. The zero-order valence-electron chi connectivity index (χ0n) is 4.91. The van der Waals surface area contributed by atoms with Gasteiger partial charge < -0.3 is 4.42 Å². The van der Waals surface area contributed by atoms with E-state index in [1.54, 1.807) is 12.5 Å². The average molecular weight is 246 g/mol. The topological polar surface area (TPSA) is 38.9 Å². The van der Waals surface area contributed by atoms with Crippen LogP contribution in [0.25, 0.3) is 11.1 Å². The number of aromatic nitrogens is 2. The standard InChI is InChI=1S/C6H3IN2O/c7-6-8-3-4-1-2-10-5(4)9-6/h1-3H. The third-order valence-corrected chi connectivity index (χ3v) is 1.70. The Kier molecular flexibility index (Phi) is 1.33. The molecule has 0 spiro atoms. The smallest absolute Gasteiger partial charge is 0.229 e. The van der Waals surface area contributed by atoms with E-state index in [1.165, 1.54) is 0 Å². The molecule has 0 radical (unpaired) electrons. The van der Waals surface area contributed by atoms with Gasteiger partial charge in [0.05, 0.1) is 11.6 Å². The third kappa shape index (κ3) is 0.880. The molecule has 4 heteroatoms. The van der Waals surface area contributed by atoms with Crippen LogP contribution in [0.5, 0.6) is 0 Å². The summed E-state index contributed by atoms with van der Waals surface area (Å²) in [4.78, 5) is 8.04. The summed E-state index contributed by atoms with van der Waals surface area (Å²) >= 11 is 2.04. The zero-order chi connectivity index (χ0) is 6.97. The number of halogens is 1. The highest BCUT2D eigenvalue weighted by Gasteiger charge is 1.97. The Morgan fingerprint density at radius 3 is 3.30 bits per heavy atom. The van der Waals surface area contributed by atoms with Crippen LogP contribution in [0.3, 0.4) is 0 Å². The molecule has 2 aromatic rings. The van der Waals surface area contributed by atoms with Gasteiger partial charge in [-0.1, -0.05) is 0 Å². The Labute approximate surface area is 70.6 Å². The van der Waals surface area contributed by atoms with E-state index < -0.39 is 0 Å². The zero-order valence-corrected chi connectivity index (χ0v) is 7.07. The van der Waals surface area contributed by atoms with Crippen LogP contribution in [0.1, 0.15) is 0 Å². The lowest BCUT2D eigenvalue weighted by atomic mass is 10.4. The van der Waals surface area contributed by atoms with E-state index in [4.69, 9.17) is 4.42 Å². The molecule has 50 valence electrons. The van der Waals surface area contributed by atoms with Crippen molar-refractivity contribution < 1.29 is 4.42 Å². The SMILES string of the molecule is Ic1ncc2ccoc2n1. The van der Waals surface area contributed by atoms with E-state index in [-0.39, 0.29) is 0 Å². The van der Waals surface area contributed by atoms with Gasteiger partial charge in [-0.15, -0.1) is 0 Å². The van der Waals surface area contributed by atoms with E-state index in [2.05, 4.69) is 9.97 Å². The lowest BCUT2D eigenvalue weighted by Gasteiger charge is -1.85. The van der Waals surface area contributed by atoms with Gasteiger partial charge in [0, 0.05) is 28.8 Å². The van der Waals surface area contributed by atoms with Gasteiger partial charge in [0.2, 0.25) is 5.71 Å². The third-order valence-electron chi connectivity index (χ3n) is 1.18. The van der Waals surface area contributed by atoms with Crippen molar-refractivity contribution in [2.75, 3.05) is 0 Å². The normalized spacial score (nSPS) is 10.5. The van der Waals surface area contributed by atoms with Gasteiger partial charge in [0.25, 0.3) is 0 Å². The number of furan rings is 1. The Bertz CT molecular complexity index is 357. The molecular weight excluding hydrogens is 243 g/mol. The molecule has 0 fully saturated rings. The molecular formula is C6H3IN2O. The maximum Gasteiger partial charge on any atom is 0.229 e. The lowest BCUT2D eigenvalue weighted by Crippen LogP contribution is -1.83. The minimum atomic E-state index is 0.652. The number of hydrogen-bond donors (Lipinski definition) is 0. The van der Waals surface area contributed by atoms with Gasteiger partial charge in [-0.05, 0) is 6.07 Å². The van der Waals surface area contributed by atoms with Crippen LogP contribution in [0.4, 0.5) is 0 Å². The second-order valence-corrected chi connectivity index (χ2v) is 2.78. The molecule has 0 aliphatic carbocycles. The molecule has 0 atom stereocenters. The summed E-state index contributed by atoms with van der Waals surface area (Å²) in [5, 5.41) is 0.945. The minimum Gasteiger partial charge on any atom is -0.446 e. The largest absolute Gasteiger partial charge is 0.446 e. The quantitative estimate of drug-likeness (QED) is 0.525. The molecule has 0 amide bonds. The maximum absolute atomic E-state index is 5.04. The first kappa shape index (κ1) is 6.09. The van der Waals surface area contributed by atoms with Crippen molar-refractivity contribution in [3.05, 3.63) is 22.4 Å². The highest BCUT2D eigenvalue weighted by atomic mass is 127. The van der Waals surface area contributed by atoms with Crippen LogP contribution in [-0.2, 0) is 0 Å². The van der Waals surface area contributed by atoms with Crippen LogP contribution in [-0.4, -0.2) is 9.97 Å². The molecule has 0 N–H and O–H groups in total. The van der Waals surface area contributed by atoms with Crippen molar-refractivity contribution >= 4 is 33.7 Å². The fourth-order valence-corrected chi connectivity index (χ4v) is 1.09. The molecule has 3 nitrogen and oxygen atoms in total. The van der Waals surface area contributed by atoms with Crippen molar-refractivity contribution in [3.63, 3.8) is 0 Å². The Morgan fingerprint density at radius 1 is 1.50 bits per heavy atom. The van der Waals surface area contributed by atoms with Gasteiger partial charge >= 0.3 is 0 Å². The van der Waals surface area contributed by atoms with Crippen molar-refractivity contribution in [1.82, 2.24) is 9.97 Å². The molecule has 10 heavy (non-hydrogen) atoms. The van der Waals surface area contributed by atoms with Crippen molar-refractivity contribution in [3.8, 4) is 0 Å². The summed E-state index contributed by atoms with van der Waals surface area (Å²) in [5.41, 5.74) is 0.652. The summed E-state index contributed by atoms with van der Waals surface area (Å²) in [5.74, 6) is 0. The molecule has 0 aliphatic rings. The van der Waals surface area contributed by atoms with Gasteiger partial charge in [-0.3, -0.25) is 0 Å². The highest BCUT2D eigenvalue weighted by molar-refractivity contribution is 14.1. The molecule has 2 rings (SSSR count). The Morgan fingerprint density at radius 2 is 2.40 bits per heavy atom. The van der Waals surface area contributed by atoms with E-state index in [0.29, 0.717) is 9.54 Å². The minimum absolute atomic E-state index is 0.652. The molecule has 0 unspecified atom stereocenters. The number of hydrogen-bond acceptors (Lipinski definition) is 3. The van der Waals surface area contributed by atoms with Crippen LogP contribution >= 0.6 is 22.6 Å². The van der Waals surface area contributed by atoms with Crippen molar-refractivity contribution in [1.29, 1.82) is 0 Å². The summed E-state index contributed by atoms with van der Waals surface area (Å²) in [6.45, 7) is 0. The van der Waals surface area contributed by atoms with Gasteiger partial charge in [0.1, 0.15) is 0 Å². The molecule has 0 aliphatic heterocycles. The van der Waals surface area contributed by atoms with Crippen LogP contribution < -0.4 is 0 Å². The lowest BCUT2D eigenvalue weighted by molar-refractivity contribution is 0.601. The van der Waals surface area contributed by atoms with Crippen LogP contribution in [0.15, 0.2) is 22.9 Å². The Hall–Kier alpha value is -0.650. The van der Waals surface area contributed by atoms with E-state index in [1.807, 2.05) is 28.7 Å². The first-order chi connectivity index (χ1) is 4.86. The number of fused-ring (bicyclic) bond motifs is 1. The van der Waals surface area contributed by atoms with Crippen molar-refractivity contribution in [2.45, 2.75) is 0 Å². The molecule has 2 aromatic heterocycles. The second kappa shape index (κ2) is 2.19. The molecule has 2 heterocycles. The molecule has 0 saturated heterocycles. The fraction of sp³-hybridized carbons (Fsp3) is 0.